The van der Waals surface area contributed by atoms with Gasteiger partial charge in [-0.15, -0.1) is 0 Å². The number of ether oxygens (including phenoxy) is 8. The Bertz CT molecular complexity index is 2410. The third-order valence-electron chi connectivity index (χ3n) is 12.6. The van der Waals surface area contributed by atoms with Crippen molar-refractivity contribution >= 4 is 59.3 Å². The molecule has 0 saturated heterocycles. The molecule has 0 amide bonds. The maximum absolute atomic E-state index is 13.6. The van der Waals surface area contributed by atoms with E-state index in [0.717, 1.165) is 87.0 Å². The average Bonchev–Trinajstić information content (AvgIpc) is 3.88. The maximum Gasteiger partial charge on any atom is 0.330 e. The Labute approximate surface area is 439 Å². The number of thioether (sulfide) groups is 2. The second-order valence-electron chi connectivity index (χ2n) is 17.8. The zero-order valence-electron chi connectivity index (χ0n) is 41.2. The Hall–Kier alpha value is -7.02. The van der Waals surface area contributed by atoms with Crippen LogP contribution in [0.5, 0.6) is 34.5 Å². The first-order chi connectivity index (χ1) is 36.0. The minimum atomic E-state index is -0.490. The van der Waals surface area contributed by atoms with Crippen molar-refractivity contribution in [3.63, 3.8) is 0 Å². The molecular weight excluding hydrogens is 989 g/mol. The summed E-state index contributed by atoms with van der Waals surface area (Å²) in [5.41, 5.74) is -0.134. The van der Waals surface area contributed by atoms with Gasteiger partial charge in [0.25, 0.3) is 0 Å². The van der Waals surface area contributed by atoms with Gasteiger partial charge in [-0.3, -0.25) is 19.2 Å². The lowest BCUT2D eigenvalue weighted by Gasteiger charge is -2.26. The van der Waals surface area contributed by atoms with E-state index in [-0.39, 0.29) is 29.0 Å². The van der Waals surface area contributed by atoms with Crippen LogP contribution in [0.1, 0.15) is 103 Å². The van der Waals surface area contributed by atoms with Crippen molar-refractivity contribution in [3.05, 3.63) is 95.8 Å². The average molecular weight is 1050 g/mol. The van der Waals surface area contributed by atoms with E-state index in [1.807, 2.05) is 12.1 Å². The number of allylic oxidation sites excluding steroid dienone is 1. The fraction of sp³-hybridized carbons (Fsp3) is 0.429. The molecule has 0 N–H and O–H groups in total. The van der Waals surface area contributed by atoms with E-state index in [9.17, 15) is 39.3 Å². The van der Waals surface area contributed by atoms with Crippen LogP contribution in [0.15, 0.2) is 106 Å². The van der Waals surface area contributed by atoms with Gasteiger partial charge in [-0.05, 0) is 163 Å². The van der Waals surface area contributed by atoms with Gasteiger partial charge in [0.1, 0.15) is 52.2 Å². The van der Waals surface area contributed by atoms with Crippen LogP contribution in [-0.4, -0.2) is 62.2 Å². The fourth-order valence-electron chi connectivity index (χ4n) is 8.38. The molecule has 16 nitrogen and oxygen atoms in total. The third kappa shape index (κ3) is 17.3. The Kier molecular flexibility index (Phi) is 22.5. The van der Waals surface area contributed by atoms with Crippen LogP contribution in [0.3, 0.4) is 0 Å². The van der Waals surface area contributed by atoms with Crippen LogP contribution < -0.4 is 28.4 Å². The van der Waals surface area contributed by atoms with Crippen LogP contribution in [0.25, 0.3) is 0 Å². The van der Waals surface area contributed by atoms with Crippen molar-refractivity contribution in [1.82, 2.24) is 0 Å². The number of unbranched alkanes of at least 4 members (excludes halogenated alkanes) is 6. The lowest BCUT2D eigenvalue weighted by Crippen LogP contribution is -2.30. The molecule has 0 aromatic heterocycles. The van der Waals surface area contributed by atoms with Crippen molar-refractivity contribution in [2.45, 2.75) is 113 Å². The predicted octanol–water partition coefficient (Wildman–Crippen LogP) is 11.1. The number of hydrogen-bond acceptors (Lipinski definition) is 18. The SMILES string of the molecule is C=CC(=O)OCCCCCCOc1ccc(OC(=O)C2CCC(C(=O)Oc3ccc(OC(=O)C4CCC(C(=O)Oc5ccc(OCCCCCCOC(=O)C=C)cc5)CC4)c4c3SC(=C(C#N)C#N)S4)CC2)cc1. The molecule has 0 unspecified atom stereocenters. The summed E-state index contributed by atoms with van der Waals surface area (Å²) in [5, 5.41) is 19.3. The fourth-order valence-corrected chi connectivity index (χ4v) is 10.9. The lowest BCUT2D eigenvalue weighted by atomic mass is 9.82. The molecule has 3 aromatic rings. The minimum Gasteiger partial charge on any atom is -0.494 e. The Morgan fingerprint density at radius 1 is 0.459 bits per heavy atom. The number of nitriles is 2. The van der Waals surface area contributed by atoms with Crippen molar-refractivity contribution in [2.24, 2.45) is 23.7 Å². The molecule has 0 atom stereocenters. The van der Waals surface area contributed by atoms with Crippen molar-refractivity contribution < 1.29 is 66.7 Å². The van der Waals surface area contributed by atoms with E-state index in [4.69, 9.17) is 37.9 Å². The highest BCUT2D eigenvalue weighted by Gasteiger charge is 2.37. The molecule has 74 heavy (non-hydrogen) atoms. The monoisotopic (exact) mass is 1050 g/mol. The number of benzene rings is 3. The summed E-state index contributed by atoms with van der Waals surface area (Å²) in [6, 6.07) is 20.5. The second kappa shape index (κ2) is 29.6. The van der Waals surface area contributed by atoms with Gasteiger partial charge in [-0.2, -0.15) is 10.5 Å². The van der Waals surface area contributed by atoms with E-state index in [2.05, 4.69) is 13.2 Å². The van der Waals surface area contributed by atoms with Crippen molar-refractivity contribution in [2.75, 3.05) is 26.4 Å². The van der Waals surface area contributed by atoms with Gasteiger partial charge in [-0.1, -0.05) is 36.7 Å². The standard InChI is InChI=1S/C56H60N2O14S2/c1-3-48(59)67-33-11-7-5-9-31-65-42-21-25-44(26-22-42)69-52(61)37-13-17-39(18-14-37)54(63)71-46-29-30-47(51-50(46)73-56(74-51)41(35-57)36-58)72-55(64)40-19-15-38(16-20-40)53(62)70-45-27-23-43(24-28-45)66-32-10-6-8-12-34-68-49(60)4-2/h3-4,21-30,37-40H,1-2,5-20,31-34H2. The molecule has 0 spiro atoms. The number of esters is 6. The Balaban J connectivity index is 0.925. The highest BCUT2D eigenvalue weighted by molar-refractivity contribution is 8.24. The van der Waals surface area contributed by atoms with Crippen LogP contribution in [-0.2, 0) is 38.2 Å². The zero-order valence-corrected chi connectivity index (χ0v) is 42.9. The van der Waals surface area contributed by atoms with Crippen LogP contribution in [0, 0.1) is 46.3 Å². The molecule has 3 aromatic carbocycles. The van der Waals surface area contributed by atoms with Crippen LogP contribution in [0.4, 0.5) is 0 Å². The smallest absolute Gasteiger partial charge is 0.330 e. The highest BCUT2D eigenvalue weighted by Crippen LogP contribution is 2.59. The van der Waals surface area contributed by atoms with E-state index >= 15 is 0 Å². The summed E-state index contributed by atoms with van der Waals surface area (Å²) in [7, 11) is 0. The molecule has 2 fully saturated rings. The third-order valence-corrected chi connectivity index (χ3v) is 15.2. The predicted molar refractivity (Wildman–Crippen MR) is 273 cm³/mol. The molecule has 2 aliphatic carbocycles. The number of rotatable bonds is 26. The summed E-state index contributed by atoms with van der Waals surface area (Å²) in [6.45, 7) is 8.52. The molecule has 0 radical (unpaired) electrons. The highest BCUT2D eigenvalue weighted by atomic mass is 32.2. The second-order valence-corrected chi connectivity index (χ2v) is 20.1. The first-order valence-electron chi connectivity index (χ1n) is 25.0. The van der Waals surface area contributed by atoms with Gasteiger partial charge in [-0.25, -0.2) is 9.59 Å². The summed E-state index contributed by atoms with van der Waals surface area (Å²) in [6.07, 6.45) is 12.4. The molecular formula is C56H60N2O14S2. The Morgan fingerprint density at radius 2 is 0.770 bits per heavy atom. The van der Waals surface area contributed by atoms with Gasteiger partial charge in [0.2, 0.25) is 0 Å². The van der Waals surface area contributed by atoms with E-state index in [0.29, 0.717) is 115 Å². The van der Waals surface area contributed by atoms with Crippen molar-refractivity contribution in [1.29, 1.82) is 10.5 Å². The summed E-state index contributed by atoms with van der Waals surface area (Å²) in [5.74, 6) is -1.89. The topological polar surface area (TPSA) is 224 Å². The maximum atomic E-state index is 13.6. The van der Waals surface area contributed by atoms with Gasteiger partial charge in [0, 0.05) is 12.2 Å². The van der Waals surface area contributed by atoms with Crippen molar-refractivity contribution in [3.8, 4) is 46.6 Å². The largest absolute Gasteiger partial charge is 0.494 e. The normalized spacial score (nSPS) is 17.7. The van der Waals surface area contributed by atoms with E-state index in [1.54, 1.807) is 48.5 Å². The number of hydrogen-bond donors (Lipinski definition) is 0. The van der Waals surface area contributed by atoms with E-state index < -0.39 is 47.5 Å². The molecule has 6 rings (SSSR count). The molecule has 18 heteroatoms. The number of carbonyl (C=O) groups excluding carboxylic acids is 6. The summed E-state index contributed by atoms with van der Waals surface area (Å²) < 4.78 is 45.2. The Morgan fingerprint density at radius 3 is 1.09 bits per heavy atom. The number of carbonyl (C=O) groups is 6. The van der Waals surface area contributed by atoms with Crippen LogP contribution >= 0.6 is 23.5 Å². The van der Waals surface area contributed by atoms with Gasteiger partial charge < -0.3 is 37.9 Å². The molecule has 2 saturated carbocycles. The quantitative estimate of drug-likeness (QED) is 0.0239. The van der Waals surface area contributed by atoms with Gasteiger partial charge in [0.15, 0.2) is 0 Å². The minimum absolute atomic E-state index is 0.134. The number of nitrogens with zero attached hydrogens (tertiary/aromatic N) is 2. The molecule has 3 aliphatic rings. The summed E-state index contributed by atoms with van der Waals surface area (Å²) >= 11 is 2.17. The van der Waals surface area contributed by atoms with E-state index in [1.165, 1.54) is 12.1 Å². The lowest BCUT2D eigenvalue weighted by molar-refractivity contribution is -0.145. The summed E-state index contributed by atoms with van der Waals surface area (Å²) in [4.78, 5) is 76.5. The van der Waals surface area contributed by atoms with Gasteiger partial charge in [0.05, 0.1) is 64.1 Å². The first kappa shape index (κ1) is 56.3. The van der Waals surface area contributed by atoms with Crippen LogP contribution in [0.2, 0.25) is 0 Å². The first-order valence-corrected chi connectivity index (χ1v) is 26.6. The molecule has 390 valence electrons. The number of fused-ring (bicyclic) bond motifs is 1. The molecule has 0 bridgehead atoms. The zero-order chi connectivity index (χ0) is 52.7. The molecule has 1 heterocycles. The van der Waals surface area contributed by atoms with Gasteiger partial charge >= 0.3 is 35.8 Å². The molecule has 1 aliphatic heterocycles.